The monoisotopic (exact) mass is 372 g/mol. The average molecular weight is 373 g/mol. The molecule has 4 rings (SSSR count). The molecular weight excluding hydrogens is 340 g/mol. The van der Waals surface area contributed by atoms with Crippen LogP contribution in [0.4, 0.5) is 5.82 Å². The van der Waals surface area contributed by atoms with Crippen LogP contribution in [0.5, 0.6) is 0 Å². The van der Waals surface area contributed by atoms with E-state index in [1.165, 1.54) is 19.3 Å². The van der Waals surface area contributed by atoms with Crippen molar-refractivity contribution in [3.63, 3.8) is 0 Å². The first-order chi connectivity index (χ1) is 13.1. The molecule has 3 aliphatic rings. The minimum atomic E-state index is 0.125. The summed E-state index contributed by atoms with van der Waals surface area (Å²) in [7, 11) is 0. The highest BCUT2D eigenvalue weighted by atomic mass is 16.5. The number of aromatic nitrogens is 1. The molecule has 0 radical (unpaired) electrons. The summed E-state index contributed by atoms with van der Waals surface area (Å²) in [5.74, 6) is 1.06. The Balaban J connectivity index is 1.41. The summed E-state index contributed by atoms with van der Waals surface area (Å²) < 4.78 is 5.40. The zero-order valence-corrected chi connectivity index (χ0v) is 16.6. The molecule has 0 bridgehead atoms. The molecule has 1 amide bonds. The van der Waals surface area contributed by atoms with Crippen LogP contribution in [-0.4, -0.2) is 78.2 Å². The number of nitrogens with zero attached hydrogens (tertiary/aromatic N) is 4. The van der Waals surface area contributed by atoms with Crippen LogP contribution in [0.15, 0.2) is 18.3 Å². The van der Waals surface area contributed by atoms with Crippen LogP contribution in [0, 0.1) is 0 Å². The maximum absolute atomic E-state index is 13.0. The van der Waals surface area contributed by atoms with Crippen LogP contribution in [0.1, 0.15) is 49.9 Å². The highest BCUT2D eigenvalue weighted by Crippen LogP contribution is 2.30. The minimum absolute atomic E-state index is 0.125. The lowest BCUT2D eigenvalue weighted by molar-refractivity contribution is 0.0486. The summed E-state index contributed by atoms with van der Waals surface area (Å²) in [5.41, 5.74) is 0.704. The largest absolute Gasteiger partial charge is 0.378 e. The molecular formula is C21H32N4O2. The predicted octanol–water partition coefficient (Wildman–Crippen LogP) is 2.40. The maximum atomic E-state index is 13.0. The van der Waals surface area contributed by atoms with E-state index in [-0.39, 0.29) is 5.91 Å². The molecule has 6 nitrogen and oxygen atoms in total. The fraction of sp³-hybridized carbons (Fsp3) is 0.714. The van der Waals surface area contributed by atoms with E-state index in [1.54, 1.807) is 6.20 Å². The van der Waals surface area contributed by atoms with E-state index in [0.717, 1.165) is 51.6 Å². The quantitative estimate of drug-likeness (QED) is 0.815. The average Bonchev–Trinajstić information content (AvgIpc) is 3.06. The normalized spacial score (nSPS) is 29.9. The van der Waals surface area contributed by atoms with E-state index >= 15 is 0 Å². The van der Waals surface area contributed by atoms with Gasteiger partial charge in [0.15, 0.2) is 0 Å². The van der Waals surface area contributed by atoms with Crippen LogP contribution < -0.4 is 4.90 Å². The van der Waals surface area contributed by atoms with Gasteiger partial charge in [-0.2, -0.15) is 0 Å². The van der Waals surface area contributed by atoms with Crippen LogP contribution in [0.3, 0.4) is 0 Å². The maximum Gasteiger partial charge on any atom is 0.255 e. The van der Waals surface area contributed by atoms with Gasteiger partial charge in [0, 0.05) is 50.5 Å². The predicted molar refractivity (Wildman–Crippen MR) is 106 cm³/mol. The molecule has 0 N–H and O–H groups in total. The van der Waals surface area contributed by atoms with Gasteiger partial charge >= 0.3 is 0 Å². The van der Waals surface area contributed by atoms with E-state index in [9.17, 15) is 4.79 Å². The Morgan fingerprint density at radius 3 is 2.48 bits per heavy atom. The van der Waals surface area contributed by atoms with Crippen molar-refractivity contribution >= 4 is 11.7 Å². The summed E-state index contributed by atoms with van der Waals surface area (Å²) in [6.07, 6.45) is 6.59. The zero-order chi connectivity index (χ0) is 18.8. The van der Waals surface area contributed by atoms with Crippen LogP contribution in [-0.2, 0) is 4.74 Å². The molecule has 3 saturated heterocycles. The SMILES string of the molecule is C[C@@H]1CC[C@H](C)N1[C@@H]1CCCN(C(=O)c2ccc(N3CCOCC3)nc2)C1. The van der Waals surface area contributed by atoms with Crippen LogP contribution in [0.25, 0.3) is 0 Å². The van der Waals surface area contributed by atoms with Gasteiger partial charge < -0.3 is 14.5 Å². The van der Waals surface area contributed by atoms with Crippen LogP contribution in [0.2, 0.25) is 0 Å². The molecule has 4 heterocycles. The smallest absolute Gasteiger partial charge is 0.255 e. The van der Waals surface area contributed by atoms with Crippen molar-refractivity contribution < 1.29 is 9.53 Å². The molecule has 0 aromatic carbocycles. The topological polar surface area (TPSA) is 48.9 Å². The Morgan fingerprint density at radius 2 is 1.81 bits per heavy atom. The lowest BCUT2D eigenvalue weighted by Crippen LogP contribution is -2.52. The Kier molecular flexibility index (Phi) is 5.64. The molecule has 0 spiro atoms. The summed E-state index contributed by atoms with van der Waals surface area (Å²) >= 11 is 0. The summed E-state index contributed by atoms with van der Waals surface area (Å²) in [4.78, 5) is 24.5. The number of rotatable bonds is 3. The number of piperidine rings is 1. The van der Waals surface area contributed by atoms with Crippen molar-refractivity contribution in [3.8, 4) is 0 Å². The van der Waals surface area contributed by atoms with Crippen molar-refractivity contribution in [1.82, 2.24) is 14.8 Å². The highest BCUT2D eigenvalue weighted by molar-refractivity contribution is 5.94. The van der Waals surface area contributed by atoms with Crippen molar-refractivity contribution in [1.29, 1.82) is 0 Å². The molecule has 0 saturated carbocycles. The second kappa shape index (κ2) is 8.15. The number of hydrogen-bond acceptors (Lipinski definition) is 5. The Labute approximate surface area is 162 Å². The number of hydrogen-bond donors (Lipinski definition) is 0. The Morgan fingerprint density at radius 1 is 1.07 bits per heavy atom. The van der Waals surface area contributed by atoms with Gasteiger partial charge in [-0.05, 0) is 51.7 Å². The molecule has 27 heavy (non-hydrogen) atoms. The molecule has 3 aliphatic heterocycles. The second-order valence-corrected chi connectivity index (χ2v) is 8.27. The number of amides is 1. The minimum Gasteiger partial charge on any atom is -0.378 e. The number of anilines is 1. The fourth-order valence-corrected chi connectivity index (χ4v) is 4.99. The lowest BCUT2D eigenvalue weighted by atomic mass is 10.0. The molecule has 6 heteroatoms. The molecule has 0 unspecified atom stereocenters. The van der Waals surface area contributed by atoms with Gasteiger partial charge in [-0.25, -0.2) is 4.98 Å². The molecule has 1 aromatic heterocycles. The third-order valence-corrected chi connectivity index (χ3v) is 6.46. The number of pyridine rings is 1. The van der Waals surface area contributed by atoms with Gasteiger partial charge in [0.2, 0.25) is 0 Å². The zero-order valence-electron chi connectivity index (χ0n) is 16.6. The number of morpholine rings is 1. The van der Waals surface area contributed by atoms with Crippen molar-refractivity contribution in [2.75, 3.05) is 44.3 Å². The number of likely N-dealkylation sites (tertiary alicyclic amines) is 2. The first-order valence-corrected chi connectivity index (χ1v) is 10.5. The fourth-order valence-electron chi connectivity index (χ4n) is 4.99. The second-order valence-electron chi connectivity index (χ2n) is 8.27. The van der Waals surface area contributed by atoms with Gasteiger partial charge in [0.05, 0.1) is 18.8 Å². The van der Waals surface area contributed by atoms with E-state index in [0.29, 0.717) is 23.7 Å². The summed E-state index contributed by atoms with van der Waals surface area (Å²) in [6.45, 7) is 9.57. The van der Waals surface area contributed by atoms with E-state index in [1.807, 2.05) is 17.0 Å². The van der Waals surface area contributed by atoms with Crippen molar-refractivity contribution in [2.24, 2.45) is 0 Å². The third kappa shape index (κ3) is 3.97. The van der Waals surface area contributed by atoms with Gasteiger partial charge in [-0.3, -0.25) is 9.69 Å². The third-order valence-electron chi connectivity index (χ3n) is 6.46. The van der Waals surface area contributed by atoms with Gasteiger partial charge in [0.25, 0.3) is 5.91 Å². The lowest BCUT2D eigenvalue weighted by Gasteiger charge is -2.41. The van der Waals surface area contributed by atoms with Gasteiger partial charge in [-0.1, -0.05) is 0 Å². The summed E-state index contributed by atoms with van der Waals surface area (Å²) in [6, 6.07) is 5.68. The van der Waals surface area contributed by atoms with Crippen LogP contribution >= 0.6 is 0 Å². The first kappa shape index (κ1) is 18.7. The molecule has 3 atom stereocenters. The van der Waals surface area contributed by atoms with Gasteiger partial charge in [-0.15, -0.1) is 0 Å². The first-order valence-electron chi connectivity index (χ1n) is 10.5. The Bertz CT molecular complexity index is 634. The standard InChI is InChI=1S/C21H32N4O2/c1-16-5-6-17(2)25(16)19-4-3-9-24(15-19)21(26)18-7-8-20(22-14-18)23-10-12-27-13-11-23/h7-8,14,16-17,19H,3-6,9-13,15H2,1-2H3/t16-,17+,19-/m1/s1. The summed E-state index contributed by atoms with van der Waals surface area (Å²) in [5, 5.41) is 0. The molecule has 0 aliphatic carbocycles. The molecule has 1 aromatic rings. The van der Waals surface area contributed by atoms with Crippen molar-refractivity contribution in [2.45, 2.75) is 57.7 Å². The highest BCUT2D eigenvalue weighted by Gasteiger charge is 2.36. The van der Waals surface area contributed by atoms with Gasteiger partial charge in [0.1, 0.15) is 5.82 Å². The molecule has 3 fully saturated rings. The number of ether oxygens (including phenoxy) is 1. The number of carbonyl (C=O) groups excluding carboxylic acids is 1. The van der Waals surface area contributed by atoms with E-state index in [2.05, 4.69) is 28.6 Å². The molecule has 148 valence electrons. The van der Waals surface area contributed by atoms with E-state index < -0.39 is 0 Å². The number of carbonyl (C=O) groups is 1. The van der Waals surface area contributed by atoms with Crippen molar-refractivity contribution in [3.05, 3.63) is 23.9 Å². The Hall–Kier alpha value is -1.66. The van der Waals surface area contributed by atoms with E-state index in [4.69, 9.17) is 4.74 Å².